The van der Waals surface area contributed by atoms with E-state index in [0.29, 0.717) is 37.8 Å². The predicted molar refractivity (Wildman–Crippen MR) is 83.3 cm³/mol. The number of nitro benzene ring substituents is 1. The summed E-state index contributed by atoms with van der Waals surface area (Å²) in [7, 11) is -3.63. The van der Waals surface area contributed by atoms with Gasteiger partial charge in [0.15, 0.2) is 0 Å². The van der Waals surface area contributed by atoms with E-state index in [4.69, 9.17) is 11.6 Å². The van der Waals surface area contributed by atoms with Crippen LogP contribution in [0.25, 0.3) is 0 Å². The van der Waals surface area contributed by atoms with Gasteiger partial charge >= 0.3 is 0 Å². The molecule has 2 rings (SSSR count). The molecule has 0 N–H and O–H groups in total. The highest BCUT2D eigenvalue weighted by Crippen LogP contribution is 2.21. The zero-order valence-corrected chi connectivity index (χ0v) is 13.4. The average Bonchev–Trinajstić information content (AvgIpc) is 2.47. The number of benzene rings is 1. The van der Waals surface area contributed by atoms with Crippen LogP contribution in [0, 0.1) is 10.1 Å². The number of piperazine rings is 1. The van der Waals surface area contributed by atoms with E-state index in [1.54, 1.807) is 0 Å². The van der Waals surface area contributed by atoms with Gasteiger partial charge in [-0.1, -0.05) is 18.2 Å². The van der Waals surface area contributed by atoms with E-state index in [1.807, 2.05) is 4.90 Å². The van der Waals surface area contributed by atoms with Crippen molar-refractivity contribution in [3.05, 3.63) is 46.0 Å². The van der Waals surface area contributed by atoms with E-state index >= 15 is 0 Å². The summed E-state index contributed by atoms with van der Waals surface area (Å²) in [5.41, 5.74) is -0.135. The van der Waals surface area contributed by atoms with Crippen LogP contribution in [0.3, 0.4) is 0 Å². The third kappa shape index (κ3) is 3.83. The molecule has 9 heteroatoms. The number of hydrogen-bond acceptors (Lipinski definition) is 5. The van der Waals surface area contributed by atoms with Crippen molar-refractivity contribution in [2.45, 2.75) is 4.90 Å². The van der Waals surface area contributed by atoms with Gasteiger partial charge in [0.25, 0.3) is 5.69 Å². The minimum atomic E-state index is -3.63. The van der Waals surface area contributed by atoms with Crippen LogP contribution in [-0.2, 0) is 10.0 Å². The molecule has 1 heterocycles. The highest BCUT2D eigenvalue weighted by Gasteiger charge is 2.28. The monoisotopic (exact) mass is 345 g/mol. The second-order valence-corrected chi connectivity index (χ2v) is 7.42. The van der Waals surface area contributed by atoms with Crippen LogP contribution < -0.4 is 0 Å². The third-order valence-electron chi connectivity index (χ3n) is 3.41. The molecule has 1 saturated heterocycles. The molecule has 0 saturated carbocycles. The zero-order valence-electron chi connectivity index (χ0n) is 11.8. The lowest BCUT2D eigenvalue weighted by Gasteiger charge is -2.33. The minimum absolute atomic E-state index is 0.0632. The van der Waals surface area contributed by atoms with Gasteiger partial charge < -0.3 is 0 Å². The largest absolute Gasteiger partial charge is 0.296 e. The fourth-order valence-corrected chi connectivity index (χ4v) is 3.85. The number of rotatable bonds is 5. The van der Waals surface area contributed by atoms with E-state index in [0.717, 1.165) is 0 Å². The Morgan fingerprint density at radius 3 is 2.23 bits per heavy atom. The van der Waals surface area contributed by atoms with E-state index in [9.17, 15) is 18.5 Å². The number of nitrogens with zero attached hydrogens (tertiary/aromatic N) is 3. The second-order valence-electron chi connectivity index (χ2n) is 4.95. The topological polar surface area (TPSA) is 83.8 Å². The van der Waals surface area contributed by atoms with Crippen molar-refractivity contribution in [1.82, 2.24) is 9.21 Å². The normalized spacial score (nSPS) is 17.3. The summed E-state index contributed by atoms with van der Waals surface area (Å²) in [4.78, 5) is 12.1. The lowest BCUT2D eigenvalue weighted by atomic mass is 10.3. The molecule has 1 aromatic carbocycles. The molecule has 1 aromatic rings. The number of sulfonamides is 1. The van der Waals surface area contributed by atoms with E-state index in [2.05, 4.69) is 6.58 Å². The van der Waals surface area contributed by atoms with Gasteiger partial charge in [-0.05, 0) is 12.1 Å². The number of hydrogen-bond donors (Lipinski definition) is 0. The molecule has 0 radical (unpaired) electrons. The van der Waals surface area contributed by atoms with Gasteiger partial charge in [-0.3, -0.25) is 15.0 Å². The minimum Gasteiger partial charge on any atom is -0.296 e. The summed E-state index contributed by atoms with van der Waals surface area (Å²) in [6.45, 7) is 5.99. The molecule has 1 aliphatic rings. The summed E-state index contributed by atoms with van der Waals surface area (Å²) in [6, 6.07) is 4.92. The van der Waals surface area contributed by atoms with Crippen LogP contribution in [0.15, 0.2) is 40.8 Å². The smallest absolute Gasteiger partial charge is 0.269 e. The Hall–Kier alpha value is -1.48. The Morgan fingerprint density at radius 1 is 1.23 bits per heavy atom. The Balaban J connectivity index is 2.08. The second kappa shape index (κ2) is 6.74. The van der Waals surface area contributed by atoms with Crippen LogP contribution in [0.1, 0.15) is 0 Å². The van der Waals surface area contributed by atoms with Crippen LogP contribution in [0.5, 0.6) is 0 Å². The highest BCUT2D eigenvalue weighted by atomic mass is 35.5. The first-order valence-corrected chi connectivity index (χ1v) is 8.43. The summed E-state index contributed by atoms with van der Waals surface area (Å²) in [5.74, 6) is 0. The lowest BCUT2D eigenvalue weighted by molar-refractivity contribution is -0.384. The molecule has 120 valence electrons. The van der Waals surface area contributed by atoms with E-state index in [1.165, 1.54) is 28.6 Å². The Labute approximate surface area is 134 Å². The van der Waals surface area contributed by atoms with Gasteiger partial charge in [-0.2, -0.15) is 4.31 Å². The Kier molecular flexibility index (Phi) is 5.17. The highest BCUT2D eigenvalue weighted by molar-refractivity contribution is 7.89. The van der Waals surface area contributed by atoms with Crippen molar-refractivity contribution in [1.29, 1.82) is 0 Å². The summed E-state index contributed by atoms with van der Waals surface area (Å²) in [6.07, 6.45) is 0. The van der Waals surface area contributed by atoms with Gasteiger partial charge in [0.2, 0.25) is 10.0 Å². The van der Waals surface area contributed by atoms with Gasteiger partial charge in [-0.25, -0.2) is 8.42 Å². The van der Waals surface area contributed by atoms with Crippen LogP contribution in [-0.4, -0.2) is 55.3 Å². The van der Waals surface area contributed by atoms with Crippen LogP contribution in [0.4, 0.5) is 5.69 Å². The van der Waals surface area contributed by atoms with Crippen molar-refractivity contribution in [2.24, 2.45) is 0 Å². The molecule has 0 spiro atoms. The van der Waals surface area contributed by atoms with Crippen molar-refractivity contribution in [2.75, 3.05) is 32.7 Å². The molecular weight excluding hydrogens is 330 g/mol. The Morgan fingerprint density at radius 2 is 1.77 bits per heavy atom. The van der Waals surface area contributed by atoms with E-state index < -0.39 is 14.9 Å². The predicted octanol–water partition coefficient (Wildman–Crippen LogP) is 1.65. The number of non-ortho nitro benzene ring substituents is 1. The van der Waals surface area contributed by atoms with E-state index in [-0.39, 0.29) is 10.6 Å². The number of nitro groups is 1. The molecule has 0 aliphatic carbocycles. The Bertz CT molecular complexity index is 667. The third-order valence-corrected chi connectivity index (χ3v) is 5.44. The maximum Gasteiger partial charge on any atom is 0.269 e. The van der Waals surface area contributed by atoms with Crippen molar-refractivity contribution in [3.63, 3.8) is 0 Å². The summed E-state index contributed by atoms with van der Waals surface area (Å²) < 4.78 is 26.4. The fraction of sp³-hybridized carbons (Fsp3) is 0.385. The molecule has 22 heavy (non-hydrogen) atoms. The van der Waals surface area contributed by atoms with Gasteiger partial charge in [0.05, 0.1) is 9.82 Å². The summed E-state index contributed by atoms with van der Waals surface area (Å²) >= 11 is 5.75. The van der Waals surface area contributed by atoms with Gasteiger partial charge in [-0.15, -0.1) is 0 Å². The molecule has 1 fully saturated rings. The van der Waals surface area contributed by atoms with Crippen molar-refractivity contribution >= 4 is 27.3 Å². The maximum atomic E-state index is 12.5. The first-order valence-electron chi connectivity index (χ1n) is 6.61. The molecule has 0 bridgehead atoms. The van der Waals surface area contributed by atoms with Gasteiger partial charge in [0.1, 0.15) is 0 Å². The molecule has 0 unspecified atom stereocenters. The van der Waals surface area contributed by atoms with Crippen LogP contribution >= 0.6 is 11.6 Å². The SMILES string of the molecule is C=C(Cl)CN1CCN(S(=O)(=O)c2ccc([N+](=O)[O-])cc2)CC1. The molecule has 0 amide bonds. The fourth-order valence-electron chi connectivity index (χ4n) is 2.26. The summed E-state index contributed by atoms with van der Waals surface area (Å²) in [5, 5.41) is 11.1. The zero-order chi connectivity index (χ0) is 16.3. The first kappa shape index (κ1) is 16.9. The van der Waals surface area contributed by atoms with Crippen molar-refractivity contribution in [3.8, 4) is 0 Å². The lowest BCUT2D eigenvalue weighted by Crippen LogP contribution is -2.48. The maximum absolute atomic E-state index is 12.5. The standard InChI is InChI=1S/C13H16ClN3O4S/c1-11(14)10-15-6-8-16(9-7-15)22(20,21)13-4-2-12(3-5-13)17(18)19/h2-5H,1,6-10H2. The molecule has 0 atom stereocenters. The van der Waals surface area contributed by atoms with Gasteiger partial charge in [0, 0.05) is 49.9 Å². The average molecular weight is 346 g/mol. The molecule has 1 aliphatic heterocycles. The van der Waals surface area contributed by atoms with Crippen LogP contribution in [0.2, 0.25) is 0 Å². The molecule has 0 aromatic heterocycles. The first-order chi connectivity index (χ1) is 10.3. The molecule has 7 nitrogen and oxygen atoms in total. The quantitative estimate of drug-likeness (QED) is 0.598. The van der Waals surface area contributed by atoms with Crippen molar-refractivity contribution < 1.29 is 13.3 Å². The molecular formula is C13H16ClN3O4S. The number of halogens is 1.